The molecule has 0 aromatic carbocycles. The SMILES string of the molecule is O=C(O)C1C(C(=O)N(CCO)CCO)[C@@H]2CC[C@H]1O2. The molecular weight excluding hydrogens is 254 g/mol. The minimum atomic E-state index is -1.02. The maximum absolute atomic E-state index is 12.4. The third-order valence-electron chi connectivity index (χ3n) is 3.90. The van der Waals surface area contributed by atoms with Crippen LogP contribution in [0.2, 0.25) is 0 Å². The van der Waals surface area contributed by atoms with Crippen LogP contribution >= 0.6 is 0 Å². The number of carboxylic acids is 1. The second-order valence-corrected chi connectivity index (χ2v) is 4.95. The summed E-state index contributed by atoms with van der Waals surface area (Å²) >= 11 is 0. The first kappa shape index (κ1) is 14.2. The van der Waals surface area contributed by atoms with E-state index in [0.29, 0.717) is 12.8 Å². The van der Waals surface area contributed by atoms with E-state index in [0.717, 1.165) is 0 Å². The topological polar surface area (TPSA) is 107 Å². The van der Waals surface area contributed by atoms with Crippen molar-refractivity contribution in [3.05, 3.63) is 0 Å². The highest BCUT2D eigenvalue weighted by molar-refractivity contribution is 5.86. The Morgan fingerprint density at radius 1 is 1.05 bits per heavy atom. The Balaban J connectivity index is 2.13. The molecule has 2 bridgehead atoms. The maximum Gasteiger partial charge on any atom is 0.310 e. The number of carbonyl (C=O) groups is 2. The van der Waals surface area contributed by atoms with Gasteiger partial charge in [-0.3, -0.25) is 9.59 Å². The number of carbonyl (C=O) groups excluding carboxylic acids is 1. The number of hydrogen-bond acceptors (Lipinski definition) is 5. The molecule has 0 aromatic rings. The van der Waals surface area contributed by atoms with E-state index >= 15 is 0 Å². The number of fused-ring (bicyclic) bond motifs is 2. The van der Waals surface area contributed by atoms with Gasteiger partial charge >= 0.3 is 5.97 Å². The van der Waals surface area contributed by atoms with Crippen molar-refractivity contribution in [1.82, 2.24) is 4.90 Å². The van der Waals surface area contributed by atoms with Crippen molar-refractivity contribution in [2.24, 2.45) is 11.8 Å². The largest absolute Gasteiger partial charge is 0.481 e. The molecule has 2 aliphatic heterocycles. The first-order valence-electron chi connectivity index (χ1n) is 6.49. The minimum Gasteiger partial charge on any atom is -0.481 e. The Kier molecular flexibility index (Phi) is 4.38. The lowest BCUT2D eigenvalue weighted by Gasteiger charge is -2.30. The first-order chi connectivity index (χ1) is 9.10. The van der Waals surface area contributed by atoms with E-state index in [9.17, 15) is 14.7 Å². The summed E-state index contributed by atoms with van der Waals surface area (Å²) in [6.45, 7) is -0.241. The van der Waals surface area contributed by atoms with Gasteiger partial charge < -0.3 is 25.0 Å². The van der Waals surface area contributed by atoms with Gasteiger partial charge in [0.05, 0.1) is 37.3 Å². The van der Waals surface area contributed by atoms with Crippen LogP contribution in [0.5, 0.6) is 0 Å². The van der Waals surface area contributed by atoms with E-state index in [2.05, 4.69) is 0 Å². The molecule has 0 aliphatic carbocycles. The summed E-state index contributed by atoms with van der Waals surface area (Å²) in [6.07, 6.45) is 0.627. The molecule has 3 N–H and O–H groups in total. The van der Waals surface area contributed by atoms with Gasteiger partial charge in [-0.15, -0.1) is 0 Å². The molecule has 0 aromatic heterocycles. The Morgan fingerprint density at radius 3 is 2.05 bits per heavy atom. The summed E-state index contributed by atoms with van der Waals surface area (Å²) in [5.74, 6) is -2.87. The molecule has 1 amide bonds. The quantitative estimate of drug-likeness (QED) is 0.554. The fourth-order valence-corrected chi connectivity index (χ4v) is 3.09. The molecule has 0 radical (unpaired) electrons. The van der Waals surface area contributed by atoms with E-state index in [4.69, 9.17) is 14.9 Å². The van der Waals surface area contributed by atoms with Gasteiger partial charge in [0.1, 0.15) is 0 Å². The summed E-state index contributed by atoms with van der Waals surface area (Å²) in [4.78, 5) is 25.0. The normalized spacial score (nSPS) is 32.5. The lowest BCUT2D eigenvalue weighted by atomic mass is 9.78. The minimum absolute atomic E-state index is 0.0968. The second-order valence-electron chi connectivity index (χ2n) is 4.95. The highest BCUT2D eigenvalue weighted by Gasteiger charge is 2.56. The summed E-state index contributed by atoms with van der Waals surface area (Å²) in [7, 11) is 0. The van der Waals surface area contributed by atoms with Gasteiger partial charge in [0.15, 0.2) is 0 Å². The van der Waals surface area contributed by atoms with Crippen molar-refractivity contribution in [3.8, 4) is 0 Å². The Labute approximate surface area is 110 Å². The van der Waals surface area contributed by atoms with Crippen LogP contribution in [-0.4, -0.2) is 70.6 Å². The standard InChI is InChI=1S/C12H19NO6/c14-5-3-13(4-6-15)11(16)9-7-1-2-8(19-7)10(9)12(17)18/h7-10,14-15H,1-6H2,(H,17,18)/t7-,8+,9?,10?/m0/s1. The number of ether oxygens (including phenoxy) is 1. The predicted molar refractivity (Wildman–Crippen MR) is 63.3 cm³/mol. The molecule has 2 saturated heterocycles. The Hall–Kier alpha value is -1.18. The van der Waals surface area contributed by atoms with Gasteiger partial charge in [0, 0.05) is 13.1 Å². The van der Waals surface area contributed by atoms with Crippen LogP contribution < -0.4 is 0 Å². The van der Waals surface area contributed by atoms with Crippen molar-refractivity contribution in [3.63, 3.8) is 0 Å². The molecule has 2 unspecified atom stereocenters. The number of aliphatic hydroxyl groups is 2. The van der Waals surface area contributed by atoms with Gasteiger partial charge in [-0.2, -0.15) is 0 Å². The number of amides is 1. The zero-order chi connectivity index (χ0) is 14.0. The van der Waals surface area contributed by atoms with E-state index in [-0.39, 0.29) is 44.4 Å². The van der Waals surface area contributed by atoms with E-state index in [1.54, 1.807) is 0 Å². The smallest absolute Gasteiger partial charge is 0.310 e. The van der Waals surface area contributed by atoms with Gasteiger partial charge in [-0.1, -0.05) is 0 Å². The monoisotopic (exact) mass is 273 g/mol. The lowest BCUT2D eigenvalue weighted by Crippen LogP contribution is -2.47. The molecule has 0 saturated carbocycles. The average Bonchev–Trinajstić information content (AvgIpc) is 2.97. The molecule has 7 heteroatoms. The Morgan fingerprint density at radius 2 is 1.58 bits per heavy atom. The number of hydrogen-bond donors (Lipinski definition) is 3. The third kappa shape index (κ3) is 2.58. The molecule has 2 fully saturated rings. The van der Waals surface area contributed by atoms with Crippen LogP contribution in [0.3, 0.4) is 0 Å². The van der Waals surface area contributed by atoms with Crippen molar-refractivity contribution in [2.45, 2.75) is 25.0 Å². The predicted octanol–water partition coefficient (Wildman–Crippen LogP) is -1.32. The van der Waals surface area contributed by atoms with Crippen LogP contribution in [0, 0.1) is 11.8 Å². The summed E-state index contributed by atoms with van der Waals surface area (Å²) in [5.41, 5.74) is 0. The number of aliphatic carboxylic acids is 1. The van der Waals surface area contributed by atoms with Crippen LogP contribution in [-0.2, 0) is 14.3 Å². The zero-order valence-electron chi connectivity index (χ0n) is 10.6. The van der Waals surface area contributed by atoms with Crippen molar-refractivity contribution < 1.29 is 29.6 Å². The van der Waals surface area contributed by atoms with E-state index in [1.165, 1.54) is 4.90 Å². The summed E-state index contributed by atoms with van der Waals surface area (Å²) < 4.78 is 5.53. The number of nitrogens with zero attached hydrogens (tertiary/aromatic N) is 1. The maximum atomic E-state index is 12.4. The van der Waals surface area contributed by atoms with Gasteiger partial charge in [-0.05, 0) is 12.8 Å². The fraction of sp³-hybridized carbons (Fsp3) is 0.833. The number of carboxylic acid groups (broad SMARTS) is 1. The summed E-state index contributed by atoms with van der Waals surface area (Å²) in [5, 5.41) is 27.1. The van der Waals surface area contributed by atoms with Crippen LogP contribution in [0.1, 0.15) is 12.8 Å². The number of aliphatic hydroxyl groups excluding tert-OH is 2. The van der Waals surface area contributed by atoms with Gasteiger partial charge in [0.2, 0.25) is 5.91 Å². The molecule has 2 heterocycles. The van der Waals surface area contributed by atoms with Crippen LogP contribution in [0.4, 0.5) is 0 Å². The number of rotatable bonds is 6. The van der Waals surface area contributed by atoms with Crippen molar-refractivity contribution in [2.75, 3.05) is 26.3 Å². The second kappa shape index (κ2) is 5.85. The molecule has 108 valence electrons. The lowest BCUT2D eigenvalue weighted by molar-refractivity contribution is -0.151. The molecule has 2 rings (SSSR count). The first-order valence-corrected chi connectivity index (χ1v) is 6.49. The molecule has 4 atom stereocenters. The van der Waals surface area contributed by atoms with E-state index in [1.807, 2.05) is 0 Å². The van der Waals surface area contributed by atoms with Crippen molar-refractivity contribution >= 4 is 11.9 Å². The fourth-order valence-electron chi connectivity index (χ4n) is 3.09. The average molecular weight is 273 g/mol. The molecule has 7 nitrogen and oxygen atoms in total. The molecule has 0 spiro atoms. The van der Waals surface area contributed by atoms with Crippen LogP contribution in [0.15, 0.2) is 0 Å². The molecule has 19 heavy (non-hydrogen) atoms. The molecular formula is C12H19NO6. The van der Waals surface area contributed by atoms with Crippen molar-refractivity contribution in [1.29, 1.82) is 0 Å². The van der Waals surface area contributed by atoms with Gasteiger partial charge in [-0.25, -0.2) is 0 Å². The van der Waals surface area contributed by atoms with E-state index < -0.39 is 17.8 Å². The van der Waals surface area contributed by atoms with Crippen LogP contribution in [0.25, 0.3) is 0 Å². The Bertz CT molecular complexity index is 354. The highest BCUT2D eigenvalue weighted by atomic mass is 16.5. The van der Waals surface area contributed by atoms with Gasteiger partial charge in [0.25, 0.3) is 0 Å². The third-order valence-corrected chi connectivity index (χ3v) is 3.90. The zero-order valence-corrected chi connectivity index (χ0v) is 10.6. The highest BCUT2D eigenvalue weighted by Crippen LogP contribution is 2.44. The molecule has 2 aliphatic rings. The summed E-state index contributed by atoms with van der Waals surface area (Å²) in [6, 6.07) is 0.